The Morgan fingerprint density at radius 3 is 2.43 bits per heavy atom. The van der Waals surface area contributed by atoms with Crippen molar-refractivity contribution in [2.24, 2.45) is 5.92 Å². The van der Waals surface area contributed by atoms with Crippen molar-refractivity contribution in [3.05, 3.63) is 47.4 Å². The van der Waals surface area contributed by atoms with E-state index >= 15 is 0 Å². The van der Waals surface area contributed by atoms with Gasteiger partial charge in [0.1, 0.15) is 5.82 Å². The van der Waals surface area contributed by atoms with Crippen LogP contribution in [0.5, 0.6) is 0 Å². The van der Waals surface area contributed by atoms with Crippen molar-refractivity contribution < 1.29 is 4.39 Å². The highest BCUT2D eigenvalue weighted by atomic mass is 19.1. The van der Waals surface area contributed by atoms with E-state index in [4.69, 9.17) is 0 Å². The Bertz CT molecular complexity index is 643. The molecular weight excluding hydrogens is 287 g/mol. The predicted molar refractivity (Wildman–Crippen MR) is 91.8 cm³/mol. The van der Waals surface area contributed by atoms with Gasteiger partial charge in [-0.1, -0.05) is 25.8 Å². The molecule has 0 unspecified atom stereocenters. The highest BCUT2D eigenvalue weighted by Gasteiger charge is 2.22. The van der Waals surface area contributed by atoms with E-state index in [0.29, 0.717) is 17.2 Å². The minimum absolute atomic E-state index is 0.184. The van der Waals surface area contributed by atoms with Crippen LogP contribution < -0.4 is 0 Å². The summed E-state index contributed by atoms with van der Waals surface area (Å²) in [7, 11) is 0. The number of aromatic nitrogens is 2. The van der Waals surface area contributed by atoms with Crippen molar-refractivity contribution in [2.75, 3.05) is 0 Å². The standard InChI is InChI=1S/C20H25FN2/c1-3-4-15-6-8-16(9-7-15)17-10-11-18(19(21)13-17)20-12-5-14(2)22-23-20/h5,10-13,15-16H,3-4,6-9H2,1-2H3. The predicted octanol–water partition coefficient (Wildman–Crippen LogP) is 5.67. The maximum absolute atomic E-state index is 14.5. The molecule has 2 aromatic rings. The SMILES string of the molecule is CCCC1CCC(c2ccc(-c3ccc(C)nn3)c(F)c2)CC1. The summed E-state index contributed by atoms with van der Waals surface area (Å²) >= 11 is 0. The molecule has 23 heavy (non-hydrogen) atoms. The Labute approximate surface area is 138 Å². The number of hydrogen-bond acceptors (Lipinski definition) is 2. The van der Waals surface area contributed by atoms with Gasteiger partial charge in [-0.25, -0.2) is 4.39 Å². The van der Waals surface area contributed by atoms with Gasteiger partial charge in [0, 0.05) is 5.56 Å². The van der Waals surface area contributed by atoms with Crippen LogP contribution in [0.15, 0.2) is 30.3 Å². The van der Waals surface area contributed by atoms with E-state index in [0.717, 1.165) is 17.2 Å². The molecule has 0 spiro atoms. The zero-order chi connectivity index (χ0) is 16.2. The summed E-state index contributed by atoms with van der Waals surface area (Å²) in [6.45, 7) is 4.14. The monoisotopic (exact) mass is 312 g/mol. The maximum atomic E-state index is 14.5. The minimum atomic E-state index is -0.184. The minimum Gasteiger partial charge on any atom is -0.206 e. The number of aryl methyl sites for hydroxylation is 1. The zero-order valence-corrected chi connectivity index (χ0v) is 14.1. The maximum Gasteiger partial charge on any atom is 0.132 e. The van der Waals surface area contributed by atoms with Crippen molar-refractivity contribution in [1.82, 2.24) is 10.2 Å². The van der Waals surface area contributed by atoms with Gasteiger partial charge in [-0.2, -0.15) is 10.2 Å². The van der Waals surface area contributed by atoms with Crippen molar-refractivity contribution in [2.45, 2.75) is 58.3 Å². The molecule has 1 aromatic heterocycles. The van der Waals surface area contributed by atoms with Crippen LogP contribution in [0.4, 0.5) is 4.39 Å². The molecule has 0 aliphatic heterocycles. The molecule has 122 valence electrons. The lowest BCUT2D eigenvalue weighted by atomic mass is 9.77. The van der Waals surface area contributed by atoms with Crippen LogP contribution in [0.3, 0.4) is 0 Å². The van der Waals surface area contributed by atoms with Crippen LogP contribution in [0.1, 0.15) is 62.6 Å². The number of rotatable bonds is 4. The molecule has 2 nitrogen and oxygen atoms in total. The normalized spacial score (nSPS) is 21.3. The molecule has 1 aromatic carbocycles. The largest absolute Gasteiger partial charge is 0.206 e. The van der Waals surface area contributed by atoms with Crippen LogP contribution >= 0.6 is 0 Å². The summed E-state index contributed by atoms with van der Waals surface area (Å²) in [6, 6.07) is 9.34. The molecular formula is C20H25FN2. The summed E-state index contributed by atoms with van der Waals surface area (Å²) < 4.78 is 14.5. The number of nitrogens with zero attached hydrogens (tertiary/aromatic N) is 2. The zero-order valence-electron chi connectivity index (χ0n) is 14.1. The van der Waals surface area contributed by atoms with E-state index in [9.17, 15) is 4.39 Å². The Hall–Kier alpha value is -1.77. The van der Waals surface area contributed by atoms with Gasteiger partial charge in [-0.15, -0.1) is 0 Å². The summed E-state index contributed by atoms with van der Waals surface area (Å²) in [5, 5.41) is 8.11. The molecule has 1 fully saturated rings. The van der Waals surface area contributed by atoms with E-state index in [2.05, 4.69) is 23.2 Å². The molecule has 1 aliphatic rings. The van der Waals surface area contributed by atoms with Gasteiger partial charge in [-0.05, 0) is 74.3 Å². The van der Waals surface area contributed by atoms with Crippen molar-refractivity contribution in [1.29, 1.82) is 0 Å². The number of hydrogen-bond donors (Lipinski definition) is 0. The van der Waals surface area contributed by atoms with E-state index < -0.39 is 0 Å². The second kappa shape index (κ2) is 7.20. The fourth-order valence-corrected chi connectivity index (χ4v) is 3.73. The average Bonchev–Trinajstić information content (AvgIpc) is 2.57. The van der Waals surface area contributed by atoms with Crippen molar-refractivity contribution in [3.8, 4) is 11.3 Å². The first-order valence-corrected chi connectivity index (χ1v) is 8.77. The van der Waals surface area contributed by atoms with Crippen LogP contribution in [0, 0.1) is 18.7 Å². The Morgan fingerprint density at radius 1 is 1.04 bits per heavy atom. The first-order valence-electron chi connectivity index (χ1n) is 8.77. The number of benzene rings is 1. The molecule has 0 amide bonds. The third kappa shape index (κ3) is 3.77. The fourth-order valence-electron chi connectivity index (χ4n) is 3.73. The third-order valence-electron chi connectivity index (χ3n) is 5.08. The van der Waals surface area contributed by atoms with Crippen LogP contribution in [0.2, 0.25) is 0 Å². The summed E-state index contributed by atoms with van der Waals surface area (Å²) in [5.41, 5.74) is 3.13. The van der Waals surface area contributed by atoms with Crippen LogP contribution in [0.25, 0.3) is 11.3 Å². The number of halogens is 1. The van der Waals surface area contributed by atoms with Crippen LogP contribution in [-0.2, 0) is 0 Å². The molecule has 1 saturated carbocycles. The molecule has 0 N–H and O–H groups in total. The van der Waals surface area contributed by atoms with Gasteiger partial charge in [0.05, 0.1) is 11.4 Å². The lowest BCUT2D eigenvalue weighted by Crippen LogP contribution is -2.13. The van der Waals surface area contributed by atoms with E-state index in [-0.39, 0.29) is 5.82 Å². The average molecular weight is 312 g/mol. The fraction of sp³-hybridized carbons (Fsp3) is 0.500. The summed E-state index contributed by atoms with van der Waals surface area (Å²) in [4.78, 5) is 0. The van der Waals surface area contributed by atoms with Crippen LogP contribution in [-0.4, -0.2) is 10.2 Å². The molecule has 0 radical (unpaired) electrons. The van der Waals surface area contributed by atoms with E-state index in [1.165, 1.54) is 38.5 Å². The summed E-state index contributed by atoms with van der Waals surface area (Å²) in [5.74, 6) is 1.20. The summed E-state index contributed by atoms with van der Waals surface area (Å²) in [6.07, 6.45) is 7.56. The Balaban J connectivity index is 1.74. The van der Waals surface area contributed by atoms with E-state index in [1.807, 2.05) is 25.1 Å². The molecule has 3 heteroatoms. The second-order valence-corrected chi connectivity index (χ2v) is 6.81. The molecule has 1 aliphatic carbocycles. The lowest BCUT2D eigenvalue weighted by Gasteiger charge is -2.28. The molecule has 0 bridgehead atoms. The molecule has 3 rings (SSSR count). The lowest BCUT2D eigenvalue weighted by molar-refractivity contribution is 0.308. The van der Waals surface area contributed by atoms with Gasteiger partial charge in [0.25, 0.3) is 0 Å². The van der Waals surface area contributed by atoms with E-state index in [1.54, 1.807) is 6.07 Å². The highest BCUT2D eigenvalue weighted by Crippen LogP contribution is 2.38. The van der Waals surface area contributed by atoms with Gasteiger partial charge < -0.3 is 0 Å². The quantitative estimate of drug-likeness (QED) is 0.727. The topological polar surface area (TPSA) is 25.8 Å². The van der Waals surface area contributed by atoms with Gasteiger partial charge >= 0.3 is 0 Å². The molecule has 0 atom stereocenters. The van der Waals surface area contributed by atoms with Gasteiger partial charge in [0.15, 0.2) is 0 Å². The second-order valence-electron chi connectivity index (χ2n) is 6.81. The highest BCUT2D eigenvalue weighted by molar-refractivity contribution is 5.60. The van der Waals surface area contributed by atoms with Crippen molar-refractivity contribution in [3.63, 3.8) is 0 Å². The molecule has 1 heterocycles. The smallest absolute Gasteiger partial charge is 0.132 e. The Kier molecular flexibility index (Phi) is 5.04. The van der Waals surface area contributed by atoms with Gasteiger partial charge in [0.2, 0.25) is 0 Å². The first-order chi connectivity index (χ1) is 11.2. The molecule has 0 saturated heterocycles. The van der Waals surface area contributed by atoms with Crippen molar-refractivity contribution >= 4 is 0 Å². The third-order valence-corrected chi connectivity index (χ3v) is 5.08. The van der Waals surface area contributed by atoms with Gasteiger partial charge in [-0.3, -0.25) is 0 Å². The Morgan fingerprint density at radius 2 is 1.83 bits per heavy atom. The first kappa shape index (κ1) is 16.1.